The molecule has 1 saturated carbocycles. The van der Waals surface area contributed by atoms with E-state index in [0.717, 1.165) is 0 Å². The molecule has 1 rings (SSSR count). The van der Waals surface area contributed by atoms with Crippen molar-refractivity contribution in [2.75, 3.05) is 0 Å². The van der Waals surface area contributed by atoms with E-state index in [9.17, 15) is 9.90 Å². The predicted octanol–water partition coefficient (Wildman–Crippen LogP) is -1.37. The van der Waals surface area contributed by atoms with E-state index in [1.165, 1.54) is 0 Å². The summed E-state index contributed by atoms with van der Waals surface area (Å²) in [4.78, 5) is 14.4. The zero-order valence-corrected chi connectivity index (χ0v) is 7.10. The molecule has 0 aromatic heterocycles. The first-order valence-electron chi connectivity index (χ1n) is 3.98. The molecule has 0 bridgehead atoms. The fourth-order valence-corrected chi connectivity index (χ4v) is 1.51. The van der Waals surface area contributed by atoms with Crippen LogP contribution < -0.4 is 11.5 Å². The highest BCUT2D eigenvalue weighted by Crippen LogP contribution is 2.31. The average molecular weight is 187 g/mol. The van der Waals surface area contributed by atoms with Crippen molar-refractivity contribution in [3.05, 3.63) is 0 Å². The van der Waals surface area contributed by atoms with E-state index in [0.29, 0.717) is 6.42 Å². The summed E-state index contributed by atoms with van der Waals surface area (Å²) in [7, 11) is 0. The van der Waals surface area contributed by atoms with Gasteiger partial charge < -0.3 is 21.7 Å². The van der Waals surface area contributed by atoms with Crippen LogP contribution in [0.1, 0.15) is 19.3 Å². The van der Waals surface area contributed by atoms with Gasteiger partial charge in [0.25, 0.3) is 0 Å². The smallest absolute Gasteiger partial charge is 0.335 e. The monoisotopic (exact) mass is 187 g/mol. The Morgan fingerprint density at radius 2 is 2.15 bits per heavy atom. The van der Waals surface area contributed by atoms with Crippen molar-refractivity contribution in [2.45, 2.75) is 30.9 Å². The largest absolute Gasteiger partial charge is 0.479 e. The number of aliphatic imine (C=N–C) groups is 1. The minimum Gasteiger partial charge on any atom is -0.479 e. The first kappa shape index (κ1) is 9.79. The van der Waals surface area contributed by atoms with Crippen molar-refractivity contribution < 1.29 is 15.0 Å². The second kappa shape index (κ2) is 3.21. The Bertz CT molecular complexity index is 249. The number of carboxylic acids is 1. The molecular weight excluding hydrogens is 174 g/mol. The van der Waals surface area contributed by atoms with Crippen LogP contribution in [0.4, 0.5) is 0 Å². The summed E-state index contributed by atoms with van der Waals surface area (Å²) in [6.45, 7) is 0. The number of aliphatic carboxylic acids is 1. The molecule has 74 valence electrons. The fourth-order valence-electron chi connectivity index (χ4n) is 1.51. The SMILES string of the molecule is NC(N)=N[C@H]1CC[C@@](O)(C(=O)O)C1. The Kier molecular flexibility index (Phi) is 2.42. The summed E-state index contributed by atoms with van der Waals surface area (Å²) in [5, 5.41) is 18.2. The molecule has 0 spiro atoms. The Labute approximate surface area is 75.2 Å². The average Bonchev–Trinajstić information content (AvgIpc) is 2.32. The third-order valence-corrected chi connectivity index (χ3v) is 2.19. The van der Waals surface area contributed by atoms with Gasteiger partial charge in [0, 0.05) is 6.42 Å². The molecule has 1 aliphatic carbocycles. The van der Waals surface area contributed by atoms with Gasteiger partial charge in [-0.3, -0.25) is 4.99 Å². The Hall–Kier alpha value is -1.30. The maximum Gasteiger partial charge on any atom is 0.335 e. The van der Waals surface area contributed by atoms with Gasteiger partial charge in [0.15, 0.2) is 11.6 Å². The molecule has 13 heavy (non-hydrogen) atoms. The minimum absolute atomic E-state index is 0.0698. The number of carbonyl (C=O) groups is 1. The van der Waals surface area contributed by atoms with Crippen LogP contribution in [-0.2, 0) is 4.79 Å². The molecular formula is C7H13N3O3. The van der Waals surface area contributed by atoms with E-state index in [1.807, 2.05) is 0 Å². The van der Waals surface area contributed by atoms with Gasteiger partial charge in [-0.15, -0.1) is 0 Å². The highest BCUT2D eigenvalue weighted by Gasteiger charge is 2.43. The van der Waals surface area contributed by atoms with E-state index in [2.05, 4.69) is 4.99 Å². The van der Waals surface area contributed by atoms with Crippen LogP contribution >= 0.6 is 0 Å². The molecule has 6 nitrogen and oxygen atoms in total. The Balaban J connectivity index is 2.64. The van der Waals surface area contributed by atoms with Crippen molar-refractivity contribution >= 4 is 11.9 Å². The number of rotatable bonds is 2. The second-order valence-corrected chi connectivity index (χ2v) is 3.29. The first-order valence-corrected chi connectivity index (χ1v) is 3.98. The zero-order chi connectivity index (χ0) is 10.1. The molecule has 0 saturated heterocycles. The van der Waals surface area contributed by atoms with Gasteiger partial charge in [-0.25, -0.2) is 4.79 Å². The van der Waals surface area contributed by atoms with Crippen molar-refractivity contribution in [2.24, 2.45) is 16.5 Å². The number of nitrogens with two attached hydrogens (primary N) is 2. The molecule has 0 unspecified atom stereocenters. The van der Waals surface area contributed by atoms with Gasteiger partial charge in [-0.1, -0.05) is 0 Å². The van der Waals surface area contributed by atoms with Crippen LogP contribution in [0.15, 0.2) is 4.99 Å². The number of carboxylic acid groups (broad SMARTS) is 1. The van der Waals surface area contributed by atoms with Crippen LogP contribution in [0.3, 0.4) is 0 Å². The first-order chi connectivity index (χ1) is 5.94. The predicted molar refractivity (Wildman–Crippen MR) is 46.0 cm³/mol. The molecule has 6 heteroatoms. The molecule has 0 aromatic rings. The van der Waals surface area contributed by atoms with E-state index >= 15 is 0 Å². The van der Waals surface area contributed by atoms with Crippen molar-refractivity contribution in [1.82, 2.24) is 0 Å². The Morgan fingerprint density at radius 1 is 1.54 bits per heavy atom. The van der Waals surface area contributed by atoms with Crippen LogP contribution in [0.25, 0.3) is 0 Å². The van der Waals surface area contributed by atoms with Gasteiger partial charge in [0.2, 0.25) is 0 Å². The van der Waals surface area contributed by atoms with Crippen LogP contribution in [0.2, 0.25) is 0 Å². The van der Waals surface area contributed by atoms with Crippen molar-refractivity contribution in [3.63, 3.8) is 0 Å². The van der Waals surface area contributed by atoms with Crippen molar-refractivity contribution in [3.8, 4) is 0 Å². The minimum atomic E-state index is -1.65. The normalized spacial score (nSPS) is 32.8. The molecule has 0 radical (unpaired) electrons. The highest BCUT2D eigenvalue weighted by molar-refractivity contribution is 5.78. The number of nitrogens with zero attached hydrogens (tertiary/aromatic N) is 1. The lowest BCUT2D eigenvalue weighted by molar-refractivity contribution is -0.157. The molecule has 6 N–H and O–H groups in total. The zero-order valence-electron chi connectivity index (χ0n) is 7.10. The van der Waals surface area contributed by atoms with Crippen LogP contribution in [0, 0.1) is 0 Å². The quantitative estimate of drug-likeness (QED) is 0.314. The molecule has 0 aromatic carbocycles. The molecule has 2 atom stereocenters. The lowest BCUT2D eigenvalue weighted by Gasteiger charge is -2.15. The van der Waals surface area contributed by atoms with E-state index < -0.39 is 11.6 Å². The van der Waals surface area contributed by atoms with Gasteiger partial charge in [-0.2, -0.15) is 0 Å². The number of guanidine groups is 1. The van der Waals surface area contributed by atoms with Gasteiger partial charge >= 0.3 is 5.97 Å². The van der Waals surface area contributed by atoms with Gasteiger partial charge in [0.1, 0.15) is 0 Å². The third-order valence-electron chi connectivity index (χ3n) is 2.19. The molecule has 1 fully saturated rings. The number of hydrogen-bond donors (Lipinski definition) is 4. The summed E-state index contributed by atoms with van der Waals surface area (Å²) < 4.78 is 0. The molecule has 0 amide bonds. The number of hydrogen-bond acceptors (Lipinski definition) is 3. The van der Waals surface area contributed by atoms with E-state index in [1.54, 1.807) is 0 Å². The molecule has 1 aliphatic rings. The maximum atomic E-state index is 10.6. The van der Waals surface area contributed by atoms with E-state index in [4.69, 9.17) is 16.6 Å². The lowest BCUT2D eigenvalue weighted by Crippen LogP contribution is -2.36. The fraction of sp³-hybridized carbons (Fsp3) is 0.714. The molecule has 0 heterocycles. The second-order valence-electron chi connectivity index (χ2n) is 3.29. The topological polar surface area (TPSA) is 122 Å². The van der Waals surface area contributed by atoms with Crippen LogP contribution in [-0.4, -0.2) is 33.8 Å². The molecule has 0 aliphatic heterocycles. The summed E-state index contributed by atoms with van der Waals surface area (Å²) in [5.74, 6) is -1.28. The Morgan fingerprint density at radius 3 is 2.54 bits per heavy atom. The standard InChI is InChI=1S/C7H13N3O3/c8-6(9)10-4-1-2-7(13,3-4)5(11)12/h4,13H,1-3H2,(H,11,12)(H4,8,9,10)/t4-,7-/m0/s1. The summed E-state index contributed by atoms with van der Waals surface area (Å²) in [6, 6.07) is -0.272. The third kappa shape index (κ3) is 2.09. The summed E-state index contributed by atoms with van der Waals surface area (Å²) in [5.41, 5.74) is 8.62. The lowest BCUT2D eigenvalue weighted by atomic mass is 10.0. The van der Waals surface area contributed by atoms with Crippen LogP contribution in [0.5, 0.6) is 0 Å². The summed E-state index contributed by atoms with van der Waals surface area (Å²) >= 11 is 0. The van der Waals surface area contributed by atoms with Crippen molar-refractivity contribution in [1.29, 1.82) is 0 Å². The van der Waals surface area contributed by atoms with E-state index in [-0.39, 0.29) is 24.8 Å². The maximum absolute atomic E-state index is 10.6. The van der Waals surface area contributed by atoms with Gasteiger partial charge in [-0.05, 0) is 12.8 Å². The summed E-state index contributed by atoms with van der Waals surface area (Å²) in [6.07, 6.45) is 0.782. The van der Waals surface area contributed by atoms with Gasteiger partial charge in [0.05, 0.1) is 6.04 Å². The highest BCUT2D eigenvalue weighted by atomic mass is 16.4. The number of aliphatic hydroxyl groups is 1.